The van der Waals surface area contributed by atoms with E-state index in [2.05, 4.69) is 10.0 Å². The first-order valence-electron chi connectivity index (χ1n) is 7.59. The minimum atomic E-state index is -3.69. The molecule has 25 heavy (non-hydrogen) atoms. The lowest BCUT2D eigenvalue weighted by molar-refractivity contribution is -0.120. The summed E-state index contributed by atoms with van der Waals surface area (Å²) in [4.78, 5) is 11.8. The average Bonchev–Trinajstić information content (AvgIpc) is 2.65. The molecule has 0 bridgehead atoms. The number of nitrogens with one attached hydrogen (secondary N) is 2. The third-order valence-corrected chi connectivity index (χ3v) is 4.65. The van der Waals surface area contributed by atoms with E-state index in [0.29, 0.717) is 5.75 Å². The maximum Gasteiger partial charge on any atom is 0.241 e. The van der Waals surface area contributed by atoms with Crippen LogP contribution in [-0.2, 0) is 14.8 Å². The molecule has 0 unspecified atom stereocenters. The Morgan fingerprint density at radius 1 is 1.00 bits per heavy atom. The number of rotatable bonds is 9. The van der Waals surface area contributed by atoms with Gasteiger partial charge in [-0.3, -0.25) is 4.79 Å². The first kappa shape index (κ1) is 18.8. The van der Waals surface area contributed by atoms with Gasteiger partial charge < -0.3 is 14.8 Å². The van der Waals surface area contributed by atoms with E-state index in [4.69, 9.17) is 9.47 Å². The molecule has 0 heterocycles. The molecule has 1 amide bonds. The van der Waals surface area contributed by atoms with Crippen molar-refractivity contribution in [1.82, 2.24) is 10.0 Å². The van der Waals surface area contributed by atoms with E-state index in [1.807, 2.05) is 0 Å². The molecule has 0 aromatic heterocycles. The smallest absolute Gasteiger partial charge is 0.241 e. The van der Waals surface area contributed by atoms with Gasteiger partial charge in [0.25, 0.3) is 0 Å². The number of carbonyl (C=O) groups excluding carboxylic acids is 1. The average molecular weight is 364 g/mol. The number of benzene rings is 2. The van der Waals surface area contributed by atoms with E-state index in [1.165, 1.54) is 12.1 Å². The second-order valence-corrected chi connectivity index (χ2v) is 6.78. The Bertz CT molecular complexity index is 776. The maximum absolute atomic E-state index is 12.0. The van der Waals surface area contributed by atoms with Gasteiger partial charge in [-0.25, -0.2) is 13.1 Å². The molecule has 2 aromatic rings. The van der Waals surface area contributed by atoms with Gasteiger partial charge in [-0.1, -0.05) is 18.2 Å². The van der Waals surface area contributed by atoms with Crippen LogP contribution in [0.25, 0.3) is 0 Å². The zero-order valence-corrected chi connectivity index (χ0v) is 14.6. The van der Waals surface area contributed by atoms with E-state index in [1.54, 1.807) is 49.6 Å². The third-order valence-electron chi connectivity index (χ3n) is 3.23. The Morgan fingerprint density at radius 2 is 1.64 bits per heavy atom. The van der Waals surface area contributed by atoms with Gasteiger partial charge in [0, 0.05) is 0 Å². The van der Waals surface area contributed by atoms with Crippen molar-refractivity contribution in [2.75, 3.05) is 26.8 Å². The lowest BCUT2D eigenvalue weighted by Crippen LogP contribution is -2.38. The van der Waals surface area contributed by atoms with Crippen LogP contribution in [0.2, 0.25) is 0 Å². The summed E-state index contributed by atoms with van der Waals surface area (Å²) in [5, 5.41) is 2.58. The number of methoxy groups -OCH3 is 1. The fourth-order valence-electron chi connectivity index (χ4n) is 1.94. The van der Waals surface area contributed by atoms with Crippen LogP contribution in [0.3, 0.4) is 0 Å². The van der Waals surface area contributed by atoms with Gasteiger partial charge in [-0.05, 0) is 36.4 Å². The monoisotopic (exact) mass is 364 g/mol. The highest BCUT2D eigenvalue weighted by molar-refractivity contribution is 7.89. The van der Waals surface area contributed by atoms with Crippen LogP contribution in [0.15, 0.2) is 59.5 Å². The molecule has 8 heteroatoms. The fourth-order valence-corrected chi connectivity index (χ4v) is 2.94. The number of carbonyl (C=O) groups is 1. The largest absolute Gasteiger partial charge is 0.497 e. The van der Waals surface area contributed by atoms with Gasteiger partial charge in [0.2, 0.25) is 15.9 Å². The second-order valence-electron chi connectivity index (χ2n) is 5.01. The van der Waals surface area contributed by atoms with Crippen molar-refractivity contribution in [1.29, 1.82) is 0 Å². The van der Waals surface area contributed by atoms with Gasteiger partial charge >= 0.3 is 0 Å². The highest BCUT2D eigenvalue weighted by Gasteiger charge is 2.14. The highest BCUT2D eigenvalue weighted by atomic mass is 32.2. The first-order chi connectivity index (χ1) is 12.0. The van der Waals surface area contributed by atoms with Crippen LogP contribution in [0.1, 0.15) is 0 Å². The molecule has 0 spiro atoms. The lowest BCUT2D eigenvalue weighted by Gasteiger charge is -2.09. The number of hydrogen-bond acceptors (Lipinski definition) is 5. The predicted molar refractivity (Wildman–Crippen MR) is 93.1 cm³/mol. The molecule has 0 fully saturated rings. The van der Waals surface area contributed by atoms with E-state index >= 15 is 0 Å². The molecule has 7 nitrogen and oxygen atoms in total. The van der Waals surface area contributed by atoms with Gasteiger partial charge in [-0.15, -0.1) is 0 Å². The maximum atomic E-state index is 12.0. The number of sulfonamides is 1. The number of hydrogen-bond donors (Lipinski definition) is 2. The van der Waals surface area contributed by atoms with Crippen LogP contribution < -0.4 is 19.5 Å². The summed E-state index contributed by atoms with van der Waals surface area (Å²) in [5.41, 5.74) is 0. The molecular formula is C17H20N2O5S. The molecule has 0 radical (unpaired) electrons. The Balaban J connectivity index is 1.68. The summed E-state index contributed by atoms with van der Waals surface area (Å²) >= 11 is 0. The van der Waals surface area contributed by atoms with Crippen molar-refractivity contribution in [3.8, 4) is 11.5 Å². The molecule has 0 aliphatic rings. The Kier molecular flexibility index (Phi) is 6.79. The minimum Gasteiger partial charge on any atom is -0.497 e. The second kappa shape index (κ2) is 9.05. The molecule has 0 aliphatic carbocycles. The third kappa shape index (κ3) is 6.09. The Morgan fingerprint density at radius 3 is 2.28 bits per heavy atom. The van der Waals surface area contributed by atoms with Gasteiger partial charge in [-0.2, -0.15) is 0 Å². The van der Waals surface area contributed by atoms with Crippen molar-refractivity contribution < 1.29 is 22.7 Å². The van der Waals surface area contributed by atoms with Gasteiger partial charge in [0.1, 0.15) is 18.1 Å². The molecule has 0 atom stereocenters. The van der Waals surface area contributed by atoms with Crippen LogP contribution >= 0.6 is 0 Å². The van der Waals surface area contributed by atoms with Crippen molar-refractivity contribution in [3.05, 3.63) is 54.6 Å². The summed E-state index contributed by atoms with van der Waals surface area (Å²) in [7, 11) is -2.11. The lowest BCUT2D eigenvalue weighted by atomic mass is 10.3. The quantitative estimate of drug-likeness (QED) is 0.652. The first-order valence-corrected chi connectivity index (χ1v) is 9.08. The van der Waals surface area contributed by atoms with Crippen molar-refractivity contribution >= 4 is 15.9 Å². The van der Waals surface area contributed by atoms with E-state index in [0.717, 1.165) is 5.75 Å². The van der Waals surface area contributed by atoms with E-state index < -0.39 is 15.9 Å². The SMILES string of the molecule is COc1ccc(OCCNC(=O)CNS(=O)(=O)c2ccccc2)cc1. The van der Waals surface area contributed by atoms with E-state index in [-0.39, 0.29) is 24.6 Å². The van der Waals surface area contributed by atoms with Crippen LogP contribution in [0, 0.1) is 0 Å². The van der Waals surface area contributed by atoms with Crippen molar-refractivity contribution in [3.63, 3.8) is 0 Å². The summed E-state index contributed by atoms with van der Waals surface area (Å²) in [6.45, 7) is 0.196. The fraction of sp³-hybridized carbons (Fsp3) is 0.235. The molecule has 2 aromatic carbocycles. The number of amides is 1. The number of ether oxygens (including phenoxy) is 2. The minimum absolute atomic E-state index is 0.116. The van der Waals surface area contributed by atoms with Crippen LogP contribution in [0.5, 0.6) is 11.5 Å². The standard InChI is InChI=1S/C17H20N2O5S/c1-23-14-7-9-15(10-8-14)24-12-11-18-17(20)13-19-25(21,22)16-5-3-2-4-6-16/h2-10,19H,11-13H2,1H3,(H,18,20). The van der Waals surface area contributed by atoms with Gasteiger partial charge in [0.05, 0.1) is 25.1 Å². The molecular weight excluding hydrogens is 344 g/mol. The summed E-state index contributed by atoms with van der Waals surface area (Å²) < 4.78 is 36.7. The molecule has 134 valence electrons. The Hall–Kier alpha value is -2.58. The predicted octanol–water partition coefficient (Wildman–Crippen LogP) is 1.17. The molecule has 2 rings (SSSR count). The molecule has 0 saturated heterocycles. The van der Waals surface area contributed by atoms with E-state index in [9.17, 15) is 13.2 Å². The topological polar surface area (TPSA) is 93.7 Å². The molecule has 0 aliphatic heterocycles. The van der Waals surface area contributed by atoms with Crippen LogP contribution in [-0.4, -0.2) is 41.1 Å². The molecule has 0 saturated carbocycles. The summed E-state index contributed by atoms with van der Waals surface area (Å²) in [5.74, 6) is 0.948. The van der Waals surface area contributed by atoms with Gasteiger partial charge in [0.15, 0.2) is 0 Å². The van der Waals surface area contributed by atoms with Crippen LogP contribution in [0.4, 0.5) is 0 Å². The highest BCUT2D eigenvalue weighted by Crippen LogP contribution is 2.16. The van der Waals surface area contributed by atoms with Crippen molar-refractivity contribution in [2.24, 2.45) is 0 Å². The zero-order valence-electron chi connectivity index (χ0n) is 13.8. The molecule has 2 N–H and O–H groups in total. The zero-order chi connectivity index (χ0) is 18.1. The Labute approximate surface area is 147 Å². The van der Waals surface area contributed by atoms with Crippen molar-refractivity contribution in [2.45, 2.75) is 4.90 Å². The normalized spacial score (nSPS) is 10.9. The summed E-state index contributed by atoms with van der Waals surface area (Å²) in [6, 6.07) is 14.9. The summed E-state index contributed by atoms with van der Waals surface area (Å²) in [6.07, 6.45) is 0.